The van der Waals surface area contributed by atoms with Crippen molar-refractivity contribution < 1.29 is 5.11 Å². The summed E-state index contributed by atoms with van der Waals surface area (Å²) < 4.78 is 0. The number of aliphatic hydroxyl groups excluding tert-OH is 1. The summed E-state index contributed by atoms with van der Waals surface area (Å²) in [5.41, 5.74) is 0. The highest BCUT2D eigenvalue weighted by atomic mass is 16.3. The van der Waals surface area contributed by atoms with E-state index in [2.05, 4.69) is 0 Å². The zero-order valence-corrected chi connectivity index (χ0v) is 5.76. The van der Waals surface area contributed by atoms with Crippen molar-refractivity contribution in [3.8, 4) is 0 Å². The molecule has 0 aliphatic rings. The average Bonchev–Trinajstić information content (AvgIpc) is 1.65. The van der Waals surface area contributed by atoms with Crippen LogP contribution in [-0.4, -0.2) is 30.2 Å². The minimum Gasteiger partial charge on any atom is -0.391 e. The summed E-state index contributed by atoms with van der Waals surface area (Å²) in [6.45, 7) is 3.73. The number of rotatable bonds is 3. The van der Waals surface area contributed by atoms with Gasteiger partial charge in [0.2, 0.25) is 0 Å². The van der Waals surface area contributed by atoms with Gasteiger partial charge in [-0.2, -0.15) is 0 Å². The van der Waals surface area contributed by atoms with Gasteiger partial charge in [-0.3, -0.25) is 0 Å². The molecule has 0 rings (SSSR count). The predicted octanol–water partition coefficient (Wildman–Crippen LogP) is 0.481. The summed E-state index contributed by atoms with van der Waals surface area (Å²) in [7, 11) is 3.80. The molecule has 0 heterocycles. The first-order valence-electron chi connectivity index (χ1n) is 2.86. The molecule has 49 valence electrons. The van der Waals surface area contributed by atoms with Crippen molar-refractivity contribution in [3.63, 3.8) is 0 Å². The van der Waals surface area contributed by atoms with Gasteiger partial charge in [-0.05, 0) is 20.5 Å². The third kappa shape index (κ3) is 4.09. The summed E-state index contributed by atoms with van der Waals surface area (Å²) in [5.74, 6) is 0. The van der Waals surface area contributed by atoms with Crippen molar-refractivity contribution in [2.75, 3.05) is 14.1 Å². The molecule has 0 amide bonds. The fourth-order valence-corrected chi connectivity index (χ4v) is 0.450. The molecule has 1 radical (unpaired) electrons. The molecule has 0 aliphatic carbocycles. The third-order valence-electron chi connectivity index (χ3n) is 0.888. The van der Waals surface area contributed by atoms with E-state index in [1.54, 1.807) is 6.54 Å². The molecule has 8 heavy (non-hydrogen) atoms. The Bertz CT molecular complexity index is 54.5. The second kappa shape index (κ2) is 3.87. The Morgan fingerprint density at radius 3 is 2.25 bits per heavy atom. The van der Waals surface area contributed by atoms with Gasteiger partial charge in [0.15, 0.2) is 0 Å². The SMILES string of the molecule is CCC(O)[CH]N(C)C. The molecule has 1 N–H and O–H groups in total. The maximum absolute atomic E-state index is 8.93. The first-order chi connectivity index (χ1) is 3.66. The first-order valence-corrected chi connectivity index (χ1v) is 2.86. The summed E-state index contributed by atoms with van der Waals surface area (Å²) in [5, 5.41) is 8.93. The average molecular weight is 116 g/mol. The van der Waals surface area contributed by atoms with Gasteiger partial charge in [-0.1, -0.05) is 6.92 Å². The summed E-state index contributed by atoms with van der Waals surface area (Å²) >= 11 is 0. The molecule has 2 heteroatoms. The van der Waals surface area contributed by atoms with Crippen molar-refractivity contribution in [1.29, 1.82) is 0 Å². The van der Waals surface area contributed by atoms with E-state index in [4.69, 9.17) is 5.11 Å². The standard InChI is InChI=1S/C6H14NO/c1-4-6(8)5-7(2)3/h5-6,8H,4H2,1-3H3. The summed E-state index contributed by atoms with van der Waals surface area (Å²) in [6.07, 6.45) is 0.517. The Morgan fingerprint density at radius 2 is 2.12 bits per heavy atom. The molecular weight excluding hydrogens is 102 g/mol. The maximum Gasteiger partial charge on any atom is 0.0708 e. The monoisotopic (exact) mass is 116 g/mol. The van der Waals surface area contributed by atoms with Gasteiger partial charge in [0.1, 0.15) is 0 Å². The first kappa shape index (κ1) is 7.92. The van der Waals surface area contributed by atoms with E-state index in [-0.39, 0.29) is 6.10 Å². The van der Waals surface area contributed by atoms with Gasteiger partial charge in [-0.15, -0.1) is 0 Å². The van der Waals surface area contributed by atoms with Crippen molar-refractivity contribution in [1.82, 2.24) is 4.90 Å². The zero-order valence-electron chi connectivity index (χ0n) is 5.76. The Morgan fingerprint density at radius 1 is 1.62 bits per heavy atom. The van der Waals surface area contributed by atoms with Crippen molar-refractivity contribution in [2.24, 2.45) is 0 Å². The molecule has 0 aliphatic heterocycles. The van der Waals surface area contributed by atoms with Crippen LogP contribution in [0.25, 0.3) is 0 Å². The van der Waals surface area contributed by atoms with E-state index in [9.17, 15) is 0 Å². The molecule has 1 unspecified atom stereocenters. The summed E-state index contributed by atoms with van der Waals surface area (Å²) in [6, 6.07) is 0. The van der Waals surface area contributed by atoms with Crippen LogP contribution in [0.3, 0.4) is 0 Å². The number of nitrogens with zero attached hydrogens (tertiary/aromatic N) is 1. The van der Waals surface area contributed by atoms with Crippen molar-refractivity contribution in [3.05, 3.63) is 6.54 Å². The molecule has 0 spiro atoms. The fraction of sp³-hybridized carbons (Fsp3) is 0.833. The van der Waals surface area contributed by atoms with Gasteiger partial charge >= 0.3 is 0 Å². The van der Waals surface area contributed by atoms with Gasteiger partial charge in [0, 0.05) is 0 Å². The van der Waals surface area contributed by atoms with E-state index in [0.29, 0.717) is 0 Å². The van der Waals surface area contributed by atoms with Crippen LogP contribution in [-0.2, 0) is 0 Å². The molecule has 2 nitrogen and oxygen atoms in total. The second-order valence-corrected chi connectivity index (χ2v) is 2.09. The molecule has 0 aromatic carbocycles. The zero-order chi connectivity index (χ0) is 6.57. The van der Waals surface area contributed by atoms with Crippen LogP contribution in [0.1, 0.15) is 13.3 Å². The van der Waals surface area contributed by atoms with Crippen LogP contribution < -0.4 is 0 Å². The van der Waals surface area contributed by atoms with Crippen molar-refractivity contribution in [2.45, 2.75) is 19.4 Å². The second-order valence-electron chi connectivity index (χ2n) is 2.09. The molecule has 0 saturated heterocycles. The lowest BCUT2D eigenvalue weighted by Gasteiger charge is -2.12. The number of hydrogen-bond acceptors (Lipinski definition) is 2. The topological polar surface area (TPSA) is 23.5 Å². The summed E-state index contributed by atoms with van der Waals surface area (Å²) in [4.78, 5) is 1.86. The number of likely N-dealkylation sites (N-methyl/N-ethyl adjacent to an activating group) is 1. The van der Waals surface area contributed by atoms with Gasteiger partial charge in [-0.25, -0.2) is 0 Å². The van der Waals surface area contributed by atoms with E-state index in [1.807, 2.05) is 25.9 Å². The lowest BCUT2D eigenvalue weighted by atomic mass is 10.3. The normalized spacial score (nSPS) is 14.6. The highest BCUT2D eigenvalue weighted by Crippen LogP contribution is 1.95. The Kier molecular flexibility index (Phi) is 3.83. The molecule has 0 aromatic heterocycles. The van der Waals surface area contributed by atoms with E-state index in [0.717, 1.165) is 6.42 Å². The largest absolute Gasteiger partial charge is 0.391 e. The van der Waals surface area contributed by atoms with Crippen LogP contribution in [0.2, 0.25) is 0 Å². The predicted molar refractivity (Wildman–Crippen MR) is 34.3 cm³/mol. The highest BCUT2D eigenvalue weighted by Gasteiger charge is 2.00. The quantitative estimate of drug-likeness (QED) is 0.579. The van der Waals surface area contributed by atoms with Crippen molar-refractivity contribution >= 4 is 0 Å². The van der Waals surface area contributed by atoms with Gasteiger partial charge in [0.05, 0.1) is 12.6 Å². The highest BCUT2D eigenvalue weighted by molar-refractivity contribution is 4.69. The minimum atomic E-state index is -0.273. The van der Waals surface area contributed by atoms with Crippen LogP contribution in [0.4, 0.5) is 0 Å². The smallest absolute Gasteiger partial charge is 0.0708 e. The van der Waals surface area contributed by atoms with Crippen LogP contribution in [0.15, 0.2) is 0 Å². The molecular formula is C6H14NO. The maximum atomic E-state index is 8.93. The van der Waals surface area contributed by atoms with Crippen LogP contribution >= 0.6 is 0 Å². The lowest BCUT2D eigenvalue weighted by Crippen LogP contribution is -2.18. The Labute approximate surface area is 51.1 Å². The number of aliphatic hydroxyl groups is 1. The van der Waals surface area contributed by atoms with E-state index >= 15 is 0 Å². The van der Waals surface area contributed by atoms with E-state index < -0.39 is 0 Å². The molecule has 0 fully saturated rings. The third-order valence-corrected chi connectivity index (χ3v) is 0.888. The lowest BCUT2D eigenvalue weighted by molar-refractivity contribution is 0.170. The van der Waals surface area contributed by atoms with E-state index in [1.165, 1.54) is 0 Å². The molecule has 1 atom stereocenters. The van der Waals surface area contributed by atoms with Crippen LogP contribution in [0, 0.1) is 6.54 Å². The van der Waals surface area contributed by atoms with Crippen LogP contribution in [0.5, 0.6) is 0 Å². The Hall–Kier alpha value is -0.0800. The molecule has 0 bridgehead atoms. The van der Waals surface area contributed by atoms with Gasteiger partial charge in [0.25, 0.3) is 0 Å². The molecule has 0 saturated carbocycles. The molecule has 0 aromatic rings. The minimum absolute atomic E-state index is 0.273. The number of hydrogen-bond donors (Lipinski definition) is 1. The van der Waals surface area contributed by atoms with Gasteiger partial charge < -0.3 is 10.0 Å². The Balaban J connectivity index is 3.10. The fourth-order valence-electron chi connectivity index (χ4n) is 0.450.